The Morgan fingerprint density at radius 2 is 1.45 bits per heavy atom. The van der Waals surface area contributed by atoms with Gasteiger partial charge in [0.2, 0.25) is 0 Å². The van der Waals surface area contributed by atoms with Gasteiger partial charge in [-0.1, -0.05) is 0 Å². The van der Waals surface area contributed by atoms with E-state index in [1.54, 1.807) is 7.11 Å². The summed E-state index contributed by atoms with van der Waals surface area (Å²) in [5, 5.41) is 8.65. The van der Waals surface area contributed by atoms with Crippen LogP contribution in [0.2, 0.25) is 5.76 Å². The molecule has 0 spiro atoms. The number of hydrogen-bond acceptors (Lipinski definition) is 11. The SMILES string of the molecule is COCCOCC(C)OCCOCC[O][Ge][O][Ge]([CH3])[O]CCOCOCC(C)COCCO. The van der Waals surface area contributed by atoms with Gasteiger partial charge in [-0.05, 0) is 0 Å². The molecule has 0 aliphatic rings. The molecule has 0 aromatic rings. The van der Waals surface area contributed by atoms with Crippen LogP contribution in [0.3, 0.4) is 0 Å². The minimum absolute atomic E-state index is 0.0266. The Bertz CT molecular complexity index is 386. The summed E-state index contributed by atoms with van der Waals surface area (Å²) in [6, 6.07) is 0. The van der Waals surface area contributed by atoms with Crippen LogP contribution in [0.4, 0.5) is 0 Å². The van der Waals surface area contributed by atoms with Crippen LogP contribution in [0.25, 0.3) is 0 Å². The Balaban J connectivity index is 3.28. The summed E-state index contributed by atoms with van der Waals surface area (Å²) in [6.07, 6.45) is 0.0266. The molecule has 0 amide bonds. The minimum atomic E-state index is -1.97. The molecule has 0 rings (SSSR count). The third-order valence-corrected chi connectivity index (χ3v) is 10.5. The Kier molecular flexibility index (Phi) is 27.8. The molecular formula is C20H43Ge2O11. The standard InChI is InChI=1S/C20H43Ge2O11/c1-19(15-26-6-5-23)16-29-18-28-11-14-32-22(3)33-21-31-13-10-25-9-12-30-20(2)17-27-8-7-24-4/h19-20,23H,5-18H2,1-4H3. The van der Waals surface area contributed by atoms with E-state index in [-0.39, 0.29) is 25.4 Å². The molecule has 0 heterocycles. The third kappa shape index (κ3) is 27.1. The van der Waals surface area contributed by atoms with Gasteiger partial charge in [0.05, 0.1) is 0 Å². The molecule has 0 saturated carbocycles. The molecule has 2 unspecified atom stereocenters. The van der Waals surface area contributed by atoms with Crippen LogP contribution in [-0.2, 0) is 43.5 Å². The monoisotopic (exact) mass is 607 g/mol. The van der Waals surface area contributed by atoms with Gasteiger partial charge in [-0.3, -0.25) is 0 Å². The Morgan fingerprint density at radius 3 is 2.24 bits per heavy atom. The van der Waals surface area contributed by atoms with Gasteiger partial charge in [0.1, 0.15) is 0 Å². The Hall–Kier alpha value is 0.646. The number of rotatable bonds is 27. The number of aliphatic hydroxyl groups is 1. The number of methoxy groups -OCH3 is 1. The average Bonchev–Trinajstić information content (AvgIpc) is 2.80. The van der Waals surface area contributed by atoms with Crippen molar-refractivity contribution in [1.29, 1.82) is 0 Å². The molecule has 0 bridgehead atoms. The van der Waals surface area contributed by atoms with Crippen molar-refractivity contribution < 1.29 is 48.6 Å². The molecule has 13 heteroatoms. The number of hydrogen-bond donors (Lipinski definition) is 1. The van der Waals surface area contributed by atoms with E-state index in [0.29, 0.717) is 79.3 Å². The molecule has 33 heavy (non-hydrogen) atoms. The fourth-order valence-corrected chi connectivity index (χ4v) is 6.30. The Morgan fingerprint density at radius 1 is 0.758 bits per heavy atom. The predicted octanol–water partition coefficient (Wildman–Crippen LogP) is 0.409. The van der Waals surface area contributed by atoms with Crippen molar-refractivity contribution in [2.24, 2.45) is 5.92 Å². The van der Waals surface area contributed by atoms with E-state index in [1.165, 1.54) is 0 Å². The van der Waals surface area contributed by atoms with E-state index in [9.17, 15) is 0 Å². The van der Waals surface area contributed by atoms with Gasteiger partial charge >= 0.3 is 194 Å². The average molecular weight is 605 g/mol. The van der Waals surface area contributed by atoms with Crippen molar-refractivity contribution in [2.45, 2.75) is 25.7 Å². The van der Waals surface area contributed by atoms with E-state index in [4.69, 9.17) is 48.6 Å². The van der Waals surface area contributed by atoms with Crippen LogP contribution in [0.5, 0.6) is 0 Å². The predicted molar refractivity (Wildman–Crippen MR) is 123 cm³/mol. The van der Waals surface area contributed by atoms with Crippen LogP contribution >= 0.6 is 0 Å². The van der Waals surface area contributed by atoms with Crippen molar-refractivity contribution in [3.8, 4) is 0 Å². The summed E-state index contributed by atoms with van der Waals surface area (Å²) in [4.78, 5) is 0. The first-order chi connectivity index (χ1) is 16.1. The van der Waals surface area contributed by atoms with Crippen molar-refractivity contribution >= 4 is 31.1 Å². The summed E-state index contributed by atoms with van der Waals surface area (Å²) >= 11 is -2.89. The van der Waals surface area contributed by atoms with Crippen LogP contribution in [0.1, 0.15) is 13.8 Å². The quantitative estimate of drug-likeness (QED) is 0.0800. The fourth-order valence-electron chi connectivity index (χ4n) is 2.12. The van der Waals surface area contributed by atoms with Crippen LogP contribution in [-0.4, -0.2) is 142 Å². The molecule has 0 aromatic carbocycles. The molecule has 1 N–H and O–H groups in total. The van der Waals surface area contributed by atoms with Crippen molar-refractivity contribution in [3.05, 3.63) is 0 Å². The van der Waals surface area contributed by atoms with E-state index in [0.717, 1.165) is 0 Å². The molecule has 0 fully saturated rings. The first kappa shape index (κ1) is 33.6. The van der Waals surface area contributed by atoms with E-state index in [2.05, 4.69) is 0 Å². The maximum absolute atomic E-state index is 8.65. The second kappa shape index (κ2) is 27.2. The van der Waals surface area contributed by atoms with Gasteiger partial charge in [-0.25, -0.2) is 0 Å². The van der Waals surface area contributed by atoms with E-state index >= 15 is 0 Å². The first-order valence-corrected chi connectivity index (χ1v) is 16.7. The first-order valence-electron chi connectivity index (χ1n) is 11.2. The number of aliphatic hydroxyl groups excluding tert-OH is 1. The molecule has 3 radical (unpaired) electrons. The molecule has 0 aromatic heterocycles. The summed E-state index contributed by atoms with van der Waals surface area (Å²) < 4.78 is 54.3. The zero-order valence-electron chi connectivity index (χ0n) is 20.6. The summed E-state index contributed by atoms with van der Waals surface area (Å²) in [5.74, 6) is 2.24. The minimum Gasteiger partial charge on any atom is -0.394 e. The van der Waals surface area contributed by atoms with Gasteiger partial charge in [-0.15, -0.1) is 0 Å². The second-order valence-corrected chi connectivity index (χ2v) is 13.3. The van der Waals surface area contributed by atoms with E-state index < -0.39 is 31.1 Å². The zero-order valence-corrected chi connectivity index (χ0v) is 24.8. The summed E-state index contributed by atoms with van der Waals surface area (Å²) in [7, 11) is 1.65. The van der Waals surface area contributed by atoms with Gasteiger partial charge in [0.25, 0.3) is 0 Å². The maximum atomic E-state index is 8.65. The van der Waals surface area contributed by atoms with Crippen LogP contribution in [0, 0.1) is 5.92 Å². The number of ether oxygens (including phenoxy) is 7. The zero-order chi connectivity index (χ0) is 24.4. The molecule has 0 saturated heterocycles. The molecule has 11 nitrogen and oxygen atoms in total. The van der Waals surface area contributed by atoms with Crippen molar-refractivity contribution in [2.75, 3.05) is 99.8 Å². The fraction of sp³-hybridized carbons (Fsp3) is 1.00. The summed E-state index contributed by atoms with van der Waals surface area (Å²) in [5.41, 5.74) is 0. The van der Waals surface area contributed by atoms with Crippen LogP contribution < -0.4 is 0 Å². The molecule has 2 atom stereocenters. The second-order valence-electron chi connectivity index (χ2n) is 7.04. The van der Waals surface area contributed by atoms with Gasteiger partial charge in [0, 0.05) is 7.11 Å². The van der Waals surface area contributed by atoms with Crippen molar-refractivity contribution in [3.63, 3.8) is 0 Å². The third-order valence-electron chi connectivity index (χ3n) is 3.73. The normalized spacial score (nSPS) is 13.6. The van der Waals surface area contributed by atoms with Crippen molar-refractivity contribution in [1.82, 2.24) is 0 Å². The molecular weight excluding hydrogens is 561 g/mol. The molecule has 197 valence electrons. The smallest absolute Gasteiger partial charge is 0.394 e. The topological polar surface area (TPSA) is 113 Å². The van der Waals surface area contributed by atoms with Gasteiger partial charge in [-0.2, -0.15) is 0 Å². The van der Waals surface area contributed by atoms with Gasteiger partial charge in [0.15, 0.2) is 0 Å². The summed E-state index contributed by atoms with van der Waals surface area (Å²) in [6.45, 7) is 10.4. The molecule has 0 aliphatic carbocycles. The Labute approximate surface area is 210 Å². The van der Waals surface area contributed by atoms with E-state index in [1.807, 2.05) is 19.6 Å². The molecule has 0 aliphatic heterocycles. The van der Waals surface area contributed by atoms with Crippen LogP contribution in [0.15, 0.2) is 0 Å². The van der Waals surface area contributed by atoms with Gasteiger partial charge < -0.3 is 9.84 Å².